The minimum absolute atomic E-state index is 0.0217. The molecule has 2 aliphatic rings. The van der Waals surface area contributed by atoms with Gasteiger partial charge in [-0.25, -0.2) is 0 Å². The Morgan fingerprint density at radius 1 is 1.10 bits per heavy atom. The molecular formula is C24H27N3O2. The summed E-state index contributed by atoms with van der Waals surface area (Å²) in [4.78, 5) is 27.2. The van der Waals surface area contributed by atoms with E-state index in [0.29, 0.717) is 12.0 Å². The van der Waals surface area contributed by atoms with Gasteiger partial charge in [0.05, 0.1) is 6.42 Å². The minimum Gasteiger partial charge on any atom is -0.387 e. The van der Waals surface area contributed by atoms with Crippen LogP contribution >= 0.6 is 0 Å². The molecule has 0 saturated heterocycles. The summed E-state index contributed by atoms with van der Waals surface area (Å²) in [6.07, 6.45) is 10.3. The number of carbonyl (C=O) groups is 1. The van der Waals surface area contributed by atoms with Crippen molar-refractivity contribution in [2.24, 2.45) is 0 Å². The van der Waals surface area contributed by atoms with Gasteiger partial charge in [-0.05, 0) is 47.7 Å². The van der Waals surface area contributed by atoms with Crippen molar-refractivity contribution >= 4 is 17.2 Å². The van der Waals surface area contributed by atoms with Gasteiger partial charge in [0.25, 0.3) is 5.56 Å². The third kappa shape index (κ3) is 3.41. The second-order valence-electron chi connectivity index (χ2n) is 7.71. The van der Waals surface area contributed by atoms with E-state index in [9.17, 15) is 9.59 Å². The molecule has 0 bridgehead atoms. The van der Waals surface area contributed by atoms with E-state index < -0.39 is 0 Å². The molecule has 0 aliphatic carbocycles. The predicted molar refractivity (Wildman–Crippen MR) is 118 cm³/mol. The van der Waals surface area contributed by atoms with E-state index in [-0.39, 0.29) is 17.5 Å². The zero-order valence-corrected chi connectivity index (χ0v) is 17.2. The summed E-state index contributed by atoms with van der Waals surface area (Å²) < 4.78 is 1.89. The molecule has 0 spiro atoms. The van der Waals surface area contributed by atoms with Gasteiger partial charge in [-0.1, -0.05) is 32.1 Å². The smallest absolute Gasteiger partial charge is 0.258 e. The van der Waals surface area contributed by atoms with Crippen LogP contribution in [0.5, 0.6) is 0 Å². The summed E-state index contributed by atoms with van der Waals surface area (Å²) in [5.41, 5.74) is 5.56. The Morgan fingerprint density at radius 3 is 2.59 bits per heavy atom. The van der Waals surface area contributed by atoms with E-state index in [1.54, 1.807) is 11.9 Å². The Morgan fingerprint density at radius 2 is 1.90 bits per heavy atom. The molecular weight excluding hydrogens is 362 g/mol. The Labute approximate surface area is 171 Å². The normalized spacial score (nSPS) is 15.5. The number of pyridine rings is 1. The van der Waals surface area contributed by atoms with E-state index in [1.165, 1.54) is 0 Å². The van der Waals surface area contributed by atoms with Crippen LogP contribution < -0.4 is 15.8 Å². The molecule has 1 aromatic carbocycles. The highest BCUT2D eigenvalue weighted by molar-refractivity contribution is 6.01. The molecule has 3 heterocycles. The SMILES string of the molecule is CCC(CC)n1cc(C2=CNCC=C2)cc(-c2ccc3c(c2)CC(=O)N3C)c1=O. The van der Waals surface area contributed by atoms with E-state index >= 15 is 0 Å². The average molecular weight is 389 g/mol. The number of allylic oxidation sites excluding steroid dienone is 2. The minimum atomic E-state index is 0.0217. The van der Waals surface area contributed by atoms with Gasteiger partial charge in [0.1, 0.15) is 0 Å². The molecule has 1 amide bonds. The lowest BCUT2D eigenvalue weighted by Crippen LogP contribution is -2.26. The monoisotopic (exact) mass is 389 g/mol. The van der Waals surface area contributed by atoms with Gasteiger partial charge in [0, 0.05) is 48.8 Å². The first-order valence-corrected chi connectivity index (χ1v) is 10.3. The number of aromatic nitrogens is 1. The molecule has 0 saturated carbocycles. The van der Waals surface area contributed by atoms with Gasteiger partial charge in [-0.15, -0.1) is 0 Å². The highest BCUT2D eigenvalue weighted by atomic mass is 16.2. The van der Waals surface area contributed by atoms with Crippen molar-refractivity contribution in [3.63, 3.8) is 0 Å². The summed E-state index contributed by atoms with van der Waals surface area (Å²) in [6.45, 7) is 5.05. The molecule has 5 heteroatoms. The highest BCUT2D eigenvalue weighted by Crippen LogP contribution is 2.32. The number of likely N-dealkylation sites (N-methyl/N-ethyl adjacent to an activating group) is 1. The van der Waals surface area contributed by atoms with Crippen molar-refractivity contribution < 1.29 is 4.79 Å². The summed E-state index contributed by atoms with van der Waals surface area (Å²) >= 11 is 0. The average Bonchev–Trinajstić information content (AvgIpc) is 3.03. The van der Waals surface area contributed by atoms with Crippen molar-refractivity contribution in [1.29, 1.82) is 0 Å². The van der Waals surface area contributed by atoms with Gasteiger partial charge >= 0.3 is 0 Å². The van der Waals surface area contributed by atoms with Crippen LogP contribution in [0, 0.1) is 0 Å². The molecule has 0 unspecified atom stereocenters. The quantitative estimate of drug-likeness (QED) is 0.844. The van der Waals surface area contributed by atoms with E-state index in [2.05, 4.69) is 31.3 Å². The molecule has 0 atom stereocenters. The summed E-state index contributed by atoms with van der Waals surface area (Å²) in [6, 6.07) is 8.04. The fourth-order valence-electron chi connectivity index (χ4n) is 4.21. The molecule has 1 N–H and O–H groups in total. The Hall–Kier alpha value is -3.08. The maximum Gasteiger partial charge on any atom is 0.258 e. The third-order valence-corrected chi connectivity index (χ3v) is 5.97. The number of nitrogens with zero attached hydrogens (tertiary/aromatic N) is 2. The lowest BCUT2D eigenvalue weighted by molar-refractivity contribution is -0.117. The Balaban J connectivity index is 1.89. The van der Waals surface area contributed by atoms with Gasteiger partial charge in [0.15, 0.2) is 0 Å². The summed E-state index contributed by atoms with van der Waals surface area (Å²) in [5.74, 6) is 0.0870. The summed E-state index contributed by atoms with van der Waals surface area (Å²) in [5, 5.41) is 3.25. The second kappa shape index (κ2) is 7.74. The van der Waals surface area contributed by atoms with E-state index in [1.807, 2.05) is 41.2 Å². The van der Waals surface area contributed by atoms with E-state index in [0.717, 1.165) is 47.3 Å². The number of fused-ring (bicyclic) bond motifs is 1. The Bertz CT molecular complexity index is 1070. The molecule has 4 rings (SSSR count). The van der Waals surface area contributed by atoms with Crippen LogP contribution in [-0.2, 0) is 11.2 Å². The molecule has 1 aromatic heterocycles. The molecule has 29 heavy (non-hydrogen) atoms. The second-order valence-corrected chi connectivity index (χ2v) is 7.71. The largest absolute Gasteiger partial charge is 0.387 e. The van der Waals surface area contributed by atoms with Crippen molar-refractivity contribution in [2.45, 2.75) is 39.2 Å². The van der Waals surface area contributed by atoms with Crippen LogP contribution in [0.4, 0.5) is 5.69 Å². The molecule has 2 aliphatic heterocycles. The first kappa shape index (κ1) is 19.2. The number of carbonyl (C=O) groups excluding carboxylic acids is 1. The van der Waals surface area contributed by atoms with Crippen molar-refractivity contribution in [3.05, 3.63) is 70.3 Å². The fraction of sp³-hybridized carbons (Fsp3) is 0.333. The van der Waals surface area contributed by atoms with Crippen LogP contribution in [0.2, 0.25) is 0 Å². The number of anilines is 1. The maximum atomic E-state index is 13.4. The molecule has 150 valence electrons. The zero-order chi connectivity index (χ0) is 20.5. The van der Waals surface area contributed by atoms with Gasteiger partial charge in [-0.3, -0.25) is 9.59 Å². The van der Waals surface area contributed by atoms with Crippen molar-refractivity contribution in [2.75, 3.05) is 18.5 Å². The molecule has 0 radical (unpaired) electrons. The van der Waals surface area contributed by atoms with Crippen molar-refractivity contribution in [3.8, 4) is 11.1 Å². The number of nitrogens with one attached hydrogen (secondary N) is 1. The standard InChI is InChI=1S/C24H27N3O2/c1-4-20(5-2)27-15-19(17-7-6-10-25-14-17)12-21(24(27)29)16-8-9-22-18(11-16)13-23(28)26(22)3/h6-9,11-12,14-15,20,25H,4-5,10,13H2,1-3H3. The highest BCUT2D eigenvalue weighted by Gasteiger charge is 2.25. The van der Waals surface area contributed by atoms with Gasteiger partial charge in [-0.2, -0.15) is 0 Å². The summed E-state index contributed by atoms with van der Waals surface area (Å²) in [7, 11) is 1.80. The Kier molecular flexibility index (Phi) is 5.14. The number of hydrogen-bond acceptors (Lipinski definition) is 3. The van der Waals surface area contributed by atoms with Crippen LogP contribution in [0.3, 0.4) is 0 Å². The first-order valence-electron chi connectivity index (χ1n) is 10.3. The number of dihydropyridines is 1. The van der Waals surface area contributed by atoms with Gasteiger partial charge in [0.2, 0.25) is 5.91 Å². The first-order chi connectivity index (χ1) is 14.0. The molecule has 5 nitrogen and oxygen atoms in total. The number of rotatable bonds is 5. The van der Waals surface area contributed by atoms with Crippen molar-refractivity contribution in [1.82, 2.24) is 9.88 Å². The molecule has 2 aromatic rings. The van der Waals surface area contributed by atoms with Crippen LogP contribution in [0.15, 0.2) is 53.6 Å². The third-order valence-electron chi connectivity index (χ3n) is 5.97. The zero-order valence-electron chi connectivity index (χ0n) is 17.2. The lowest BCUT2D eigenvalue weighted by Gasteiger charge is -2.20. The topological polar surface area (TPSA) is 54.3 Å². The van der Waals surface area contributed by atoms with Crippen LogP contribution in [0.1, 0.15) is 43.9 Å². The van der Waals surface area contributed by atoms with E-state index in [4.69, 9.17) is 0 Å². The number of amides is 1. The maximum absolute atomic E-state index is 13.4. The lowest BCUT2D eigenvalue weighted by atomic mass is 9.98. The van der Waals surface area contributed by atoms with Crippen LogP contribution in [0.25, 0.3) is 16.7 Å². The number of benzene rings is 1. The van der Waals surface area contributed by atoms with Crippen LogP contribution in [-0.4, -0.2) is 24.1 Å². The predicted octanol–water partition coefficient (Wildman–Crippen LogP) is 3.90. The molecule has 0 fully saturated rings. The van der Waals surface area contributed by atoms with Gasteiger partial charge < -0.3 is 14.8 Å². The fourth-order valence-corrected chi connectivity index (χ4v) is 4.21. The number of hydrogen-bond donors (Lipinski definition) is 1.